The van der Waals surface area contributed by atoms with Gasteiger partial charge < -0.3 is 5.73 Å². The van der Waals surface area contributed by atoms with Crippen LogP contribution in [0.2, 0.25) is 0 Å². The van der Waals surface area contributed by atoms with Crippen LogP contribution < -0.4 is 5.73 Å². The van der Waals surface area contributed by atoms with Crippen LogP contribution in [0.5, 0.6) is 0 Å². The van der Waals surface area contributed by atoms with E-state index in [1.54, 1.807) is 22.6 Å². The Hall–Kier alpha value is -2.80. The Balaban J connectivity index is 2.17. The van der Waals surface area contributed by atoms with Gasteiger partial charge in [0.15, 0.2) is 0 Å². The number of imidazole rings is 1. The highest BCUT2D eigenvalue weighted by Crippen LogP contribution is 2.26. The third-order valence-electron chi connectivity index (χ3n) is 3.23. The molecule has 0 saturated heterocycles. The standard InChI is InChI=1S/C14H11FN4O2/c15-10-3-6-13-17-14(12(7-16)18(13)8-10)9-1-4-11(5-2-9)19(20)21/h1-6,8H,7,16H2. The van der Waals surface area contributed by atoms with Gasteiger partial charge >= 0.3 is 0 Å². The quantitative estimate of drug-likeness (QED) is 0.592. The SMILES string of the molecule is NCc1c(-c2ccc([N+](=O)[O-])cc2)nc2ccc(F)cn12. The number of nitro groups is 1. The highest BCUT2D eigenvalue weighted by molar-refractivity contribution is 5.67. The highest BCUT2D eigenvalue weighted by Gasteiger charge is 2.14. The molecule has 0 atom stereocenters. The third-order valence-corrected chi connectivity index (χ3v) is 3.23. The van der Waals surface area contributed by atoms with Crippen molar-refractivity contribution >= 4 is 11.3 Å². The van der Waals surface area contributed by atoms with E-state index in [0.29, 0.717) is 22.6 Å². The van der Waals surface area contributed by atoms with Crippen molar-refractivity contribution in [2.45, 2.75) is 6.54 Å². The van der Waals surface area contributed by atoms with E-state index in [0.717, 1.165) is 0 Å². The molecule has 21 heavy (non-hydrogen) atoms. The number of hydrogen-bond acceptors (Lipinski definition) is 4. The molecule has 1 aromatic carbocycles. The lowest BCUT2D eigenvalue weighted by molar-refractivity contribution is -0.384. The van der Waals surface area contributed by atoms with E-state index in [-0.39, 0.29) is 18.0 Å². The zero-order chi connectivity index (χ0) is 15.0. The van der Waals surface area contributed by atoms with Crippen LogP contribution in [0.15, 0.2) is 42.6 Å². The van der Waals surface area contributed by atoms with Gasteiger partial charge in [0.25, 0.3) is 5.69 Å². The molecular formula is C14H11FN4O2. The summed E-state index contributed by atoms with van der Waals surface area (Å²) in [6.45, 7) is 0.178. The van der Waals surface area contributed by atoms with Gasteiger partial charge in [0.05, 0.1) is 16.3 Å². The molecule has 2 N–H and O–H groups in total. The monoisotopic (exact) mass is 286 g/mol. The van der Waals surface area contributed by atoms with Crippen LogP contribution in [0, 0.1) is 15.9 Å². The molecule has 0 bridgehead atoms. The minimum absolute atomic E-state index is 0.00265. The van der Waals surface area contributed by atoms with Crippen LogP contribution in [0.1, 0.15) is 5.69 Å². The van der Waals surface area contributed by atoms with E-state index in [2.05, 4.69) is 4.98 Å². The molecule has 2 heterocycles. The Bertz CT molecular complexity index is 827. The van der Waals surface area contributed by atoms with Crippen LogP contribution >= 0.6 is 0 Å². The Morgan fingerprint density at radius 1 is 1.24 bits per heavy atom. The maximum atomic E-state index is 13.3. The van der Waals surface area contributed by atoms with Gasteiger partial charge in [-0.1, -0.05) is 0 Å². The van der Waals surface area contributed by atoms with Crippen LogP contribution in [0.4, 0.5) is 10.1 Å². The minimum atomic E-state index is -0.466. The largest absolute Gasteiger partial charge is 0.325 e. The molecule has 0 radical (unpaired) electrons. The normalized spacial score (nSPS) is 11.0. The zero-order valence-electron chi connectivity index (χ0n) is 10.9. The van der Waals surface area contributed by atoms with Crippen molar-refractivity contribution in [3.63, 3.8) is 0 Å². The number of benzene rings is 1. The summed E-state index contributed by atoms with van der Waals surface area (Å²) in [5, 5.41) is 10.7. The number of hydrogen-bond donors (Lipinski definition) is 1. The van der Waals surface area contributed by atoms with Crippen LogP contribution in [0.3, 0.4) is 0 Å². The molecule has 2 aromatic heterocycles. The van der Waals surface area contributed by atoms with E-state index in [9.17, 15) is 14.5 Å². The minimum Gasteiger partial charge on any atom is -0.325 e. The average Bonchev–Trinajstić information content (AvgIpc) is 2.85. The maximum absolute atomic E-state index is 13.3. The fourth-order valence-corrected chi connectivity index (χ4v) is 2.23. The van der Waals surface area contributed by atoms with Crippen molar-refractivity contribution in [2.75, 3.05) is 0 Å². The van der Waals surface area contributed by atoms with E-state index < -0.39 is 4.92 Å². The first-order chi connectivity index (χ1) is 10.1. The molecule has 0 aliphatic heterocycles. The molecule has 3 aromatic rings. The molecule has 6 nitrogen and oxygen atoms in total. The summed E-state index contributed by atoms with van der Waals surface area (Å²) >= 11 is 0. The van der Waals surface area contributed by atoms with Gasteiger partial charge in [0, 0.05) is 30.4 Å². The second-order valence-corrected chi connectivity index (χ2v) is 4.49. The Labute approximate surface area is 118 Å². The van der Waals surface area contributed by atoms with Gasteiger partial charge in [-0.15, -0.1) is 0 Å². The molecule has 3 rings (SSSR count). The van der Waals surface area contributed by atoms with Crippen molar-refractivity contribution in [3.8, 4) is 11.3 Å². The molecule has 7 heteroatoms. The molecule has 106 valence electrons. The lowest BCUT2D eigenvalue weighted by Crippen LogP contribution is -2.03. The van der Waals surface area contributed by atoms with Crippen molar-refractivity contribution in [1.29, 1.82) is 0 Å². The number of halogens is 1. The second-order valence-electron chi connectivity index (χ2n) is 4.49. The van der Waals surface area contributed by atoms with Crippen molar-refractivity contribution in [3.05, 3.63) is 64.2 Å². The van der Waals surface area contributed by atoms with Crippen molar-refractivity contribution < 1.29 is 9.31 Å². The van der Waals surface area contributed by atoms with Crippen molar-refractivity contribution in [2.24, 2.45) is 5.73 Å². The lowest BCUT2D eigenvalue weighted by Gasteiger charge is -2.02. The van der Waals surface area contributed by atoms with Gasteiger partial charge in [-0.3, -0.25) is 14.5 Å². The number of nitrogens with two attached hydrogens (primary N) is 1. The van der Waals surface area contributed by atoms with Gasteiger partial charge in [0.1, 0.15) is 11.5 Å². The smallest absolute Gasteiger partial charge is 0.269 e. The number of aromatic nitrogens is 2. The van der Waals surface area contributed by atoms with Gasteiger partial charge in [-0.2, -0.15) is 0 Å². The maximum Gasteiger partial charge on any atom is 0.269 e. The third kappa shape index (κ3) is 2.23. The molecule has 0 saturated carbocycles. The first-order valence-corrected chi connectivity index (χ1v) is 6.21. The topological polar surface area (TPSA) is 86.5 Å². The molecular weight excluding hydrogens is 275 g/mol. The predicted octanol–water partition coefficient (Wildman–Crippen LogP) is 2.51. The fraction of sp³-hybridized carbons (Fsp3) is 0.0714. The summed E-state index contributed by atoms with van der Waals surface area (Å²) in [5.41, 5.74) is 8.26. The Kier molecular flexibility index (Phi) is 3.11. The number of pyridine rings is 1. The highest BCUT2D eigenvalue weighted by atomic mass is 19.1. The van der Waals surface area contributed by atoms with E-state index in [1.807, 2.05) is 0 Å². The summed E-state index contributed by atoms with van der Waals surface area (Å²) in [6, 6.07) is 8.90. The fourth-order valence-electron chi connectivity index (χ4n) is 2.23. The summed E-state index contributed by atoms with van der Waals surface area (Å²) < 4.78 is 14.9. The molecule has 0 aliphatic rings. The summed E-state index contributed by atoms with van der Waals surface area (Å²) in [4.78, 5) is 14.6. The summed E-state index contributed by atoms with van der Waals surface area (Å²) in [7, 11) is 0. The number of rotatable bonds is 3. The molecule has 0 unspecified atom stereocenters. The first-order valence-electron chi connectivity index (χ1n) is 6.21. The number of fused-ring (bicyclic) bond motifs is 1. The zero-order valence-corrected chi connectivity index (χ0v) is 10.9. The molecule has 0 fully saturated rings. The average molecular weight is 286 g/mol. The van der Waals surface area contributed by atoms with Gasteiger partial charge in [-0.05, 0) is 24.3 Å². The first kappa shape index (κ1) is 13.2. The molecule has 0 amide bonds. The van der Waals surface area contributed by atoms with E-state index in [1.165, 1.54) is 24.4 Å². The van der Waals surface area contributed by atoms with Crippen LogP contribution in [0.25, 0.3) is 16.9 Å². The van der Waals surface area contributed by atoms with E-state index >= 15 is 0 Å². The predicted molar refractivity (Wildman–Crippen MR) is 75.1 cm³/mol. The molecule has 0 aliphatic carbocycles. The van der Waals surface area contributed by atoms with Crippen LogP contribution in [-0.4, -0.2) is 14.3 Å². The second kappa shape index (κ2) is 4.95. The summed E-state index contributed by atoms with van der Waals surface area (Å²) in [6.07, 6.45) is 1.32. The van der Waals surface area contributed by atoms with Gasteiger partial charge in [-0.25, -0.2) is 9.37 Å². The van der Waals surface area contributed by atoms with Gasteiger partial charge in [0.2, 0.25) is 0 Å². The van der Waals surface area contributed by atoms with Crippen LogP contribution in [-0.2, 0) is 6.54 Å². The summed E-state index contributed by atoms with van der Waals surface area (Å²) in [5.74, 6) is -0.384. The number of non-ortho nitro benzene ring substituents is 1. The number of nitrogens with zero attached hydrogens (tertiary/aromatic N) is 3. The Morgan fingerprint density at radius 3 is 2.57 bits per heavy atom. The Morgan fingerprint density at radius 2 is 1.95 bits per heavy atom. The number of nitro benzene ring substituents is 1. The van der Waals surface area contributed by atoms with Crippen molar-refractivity contribution in [1.82, 2.24) is 9.38 Å². The van der Waals surface area contributed by atoms with E-state index in [4.69, 9.17) is 5.73 Å². The molecule has 0 spiro atoms. The lowest BCUT2D eigenvalue weighted by atomic mass is 10.1.